The van der Waals surface area contributed by atoms with E-state index in [1.165, 1.54) is 4.31 Å². The van der Waals surface area contributed by atoms with Crippen LogP contribution in [0.25, 0.3) is 0 Å². The van der Waals surface area contributed by atoms with Crippen molar-refractivity contribution in [2.75, 3.05) is 13.1 Å². The zero-order chi connectivity index (χ0) is 19.3. The standard InChI is InChI=1S/C19H21BrN2O4S/c20-17-8-10-18(11-9-17)27(24,25)22-12-4-7-16(13-22)19(23)21-26-14-15-5-2-1-3-6-15/h1-3,5-6,8-11,16H,4,7,12-14H2,(H,21,23)/t16-/m1/s1. The molecule has 1 atom stereocenters. The number of piperidine rings is 1. The van der Waals surface area contributed by atoms with Crippen LogP contribution in [0.2, 0.25) is 0 Å². The summed E-state index contributed by atoms with van der Waals surface area (Å²) in [5.41, 5.74) is 3.40. The number of nitrogens with one attached hydrogen (secondary N) is 1. The number of carbonyl (C=O) groups is 1. The van der Waals surface area contributed by atoms with Gasteiger partial charge < -0.3 is 0 Å². The molecule has 3 rings (SSSR count). The third-order valence-corrected chi connectivity index (χ3v) is 6.87. The minimum Gasteiger partial charge on any atom is -0.272 e. The van der Waals surface area contributed by atoms with Crippen LogP contribution in [0.4, 0.5) is 0 Å². The lowest BCUT2D eigenvalue weighted by Crippen LogP contribution is -2.45. The number of nitrogens with zero attached hydrogens (tertiary/aromatic N) is 1. The lowest BCUT2D eigenvalue weighted by atomic mass is 9.99. The van der Waals surface area contributed by atoms with Crippen LogP contribution in [-0.2, 0) is 26.3 Å². The fourth-order valence-electron chi connectivity index (χ4n) is 2.98. The van der Waals surface area contributed by atoms with Crippen molar-refractivity contribution in [1.82, 2.24) is 9.79 Å². The van der Waals surface area contributed by atoms with Gasteiger partial charge in [-0.25, -0.2) is 13.9 Å². The molecule has 8 heteroatoms. The lowest BCUT2D eigenvalue weighted by molar-refractivity contribution is -0.140. The second kappa shape index (κ2) is 8.97. The van der Waals surface area contributed by atoms with Crippen molar-refractivity contribution in [1.29, 1.82) is 0 Å². The smallest absolute Gasteiger partial charge is 0.247 e. The van der Waals surface area contributed by atoms with Gasteiger partial charge in [0.1, 0.15) is 0 Å². The Bertz CT molecular complexity index is 872. The molecule has 27 heavy (non-hydrogen) atoms. The molecule has 2 aromatic rings. The van der Waals surface area contributed by atoms with Gasteiger partial charge in [0.25, 0.3) is 0 Å². The molecule has 1 N–H and O–H groups in total. The maximum absolute atomic E-state index is 12.8. The number of carbonyl (C=O) groups excluding carboxylic acids is 1. The highest BCUT2D eigenvalue weighted by molar-refractivity contribution is 9.10. The van der Waals surface area contributed by atoms with E-state index in [1.54, 1.807) is 24.3 Å². The molecule has 0 aromatic heterocycles. The molecule has 0 unspecified atom stereocenters. The van der Waals surface area contributed by atoms with Gasteiger partial charge in [-0.05, 0) is 42.7 Å². The van der Waals surface area contributed by atoms with E-state index in [2.05, 4.69) is 21.4 Å². The van der Waals surface area contributed by atoms with Crippen molar-refractivity contribution in [3.8, 4) is 0 Å². The Kier molecular flexibility index (Phi) is 6.64. The molecule has 0 radical (unpaired) electrons. The summed E-state index contributed by atoms with van der Waals surface area (Å²) >= 11 is 3.30. The first-order valence-electron chi connectivity index (χ1n) is 8.68. The predicted octanol–water partition coefficient (Wildman–Crippen LogP) is 3.10. The van der Waals surface area contributed by atoms with E-state index in [0.29, 0.717) is 19.4 Å². The molecular weight excluding hydrogens is 432 g/mol. The van der Waals surface area contributed by atoms with Crippen LogP contribution >= 0.6 is 15.9 Å². The number of hydrogen-bond donors (Lipinski definition) is 1. The topological polar surface area (TPSA) is 75.7 Å². The molecule has 2 aromatic carbocycles. The molecule has 1 amide bonds. The Morgan fingerprint density at radius 1 is 1.15 bits per heavy atom. The zero-order valence-electron chi connectivity index (χ0n) is 14.7. The van der Waals surface area contributed by atoms with Gasteiger partial charge in [0.2, 0.25) is 15.9 Å². The monoisotopic (exact) mass is 452 g/mol. The molecule has 0 saturated carbocycles. The Hall–Kier alpha value is -1.74. The summed E-state index contributed by atoms with van der Waals surface area (Å²) in [6.07, 6.45) is 1.26. The first kappa shape index (κ1) is 20.0. The molecule has 6 nitrogen and oxygen atoms in total. The molecule has 0 spiro atoms. The molecule has 1 saturated heterocycles. The number of sulfonamides is 1. The highest BCUT2D eigenvalue weighted by Crippen LogP contribution is 2.25. The minimum absolute atomic E-state index is 0.152. The molecule has 0 aliphatic carbocycles. The highest BCUT2D eigenvalue weighted by atomic mass is 79.9. The summed E-state index contributed by atoms with van der Waals surface area (Å²) in [6.45, 7) is 0.826. The summed E-state index contributed by atoms with van der Waals surface area (Å²) < 4.78 is 27.8. The van der Waals surface area contributed by atoms with E-state index < -0.39 is 15.9 Å². The maximum Gasteiger partial charge on any atom is 0.247 e. The average molecular weight is 453 g/mol. The first-order chi connectivity index (χ1) is 13.0. The van der Waals surface area contributed by atoms with Crippen molar-refractivity contribution in [2.24, 2.45) is 5.92 Å². The quantitative estimate of drug-likeness (QED) is 0.683. The Labute approximate surface area is 167 Å². The summed E-state index contributed by atoms with van der Waals surface area (Å²) in [5, 5.41) is 0. The van der Waals surface area contributed by atoms with Crippen LogP contribution in [0.15, 0.2) is 64.0 Å². The van der Waals surface area contributed by atoms with E-state index >= 15 is 0 Å². The largest absolute Gasteiger partial charge is 0.272 e. The van der Waals surface area contributed by atoms with Gasteiger partial charge >= 0.3 is 0 Å². The van der Waals surface area contributed by atoms with Crippen molar-refractivity contribution in [3.05, 3.63) is 64.6 Å². The predicted molar refractivity (Wildman–Crippen MR) is 105 cm³/mol. The summed E-state index contributed by atoms with van der Waals surface area (Å²) in [5.74, 6) is -0.721. The van der Waals surface area contributed by atoms with E-state index in [1.807, 2.05) is 30.3 Å². The highest BCUT2D eigenvalue weighted by Gasteiger charge is 2.33. The molecule has 1 heterocycles. The summed E-state index contributed by atoms with van der Waals surface area (Å²) in [4.78, 5) is 17.9. The average Bonchev–Trinajstić information content (AvgIpc) is 2.69. The maximum atomic E-state index is 12.8. The van der Waals surface area contributed by atoms with Crippen molar-refractivity contribution in [2.45, 2.75) is 24.3 Å². The fraction of sp³-hybridized carbons (Fsp3) is 0.316. The van der Waals surface area contributed by atoms with Crippen LogP contribution in [0.5, 0.6) is 0 Å². The second-order valence-electron chi connectivity index (χ2n) is 6.40. The number of amides is 1. The van der Waals surface area contributed by atoms with E-state index in [-0.39, 0.29) is 24.0 Å². The van der Waals surface area contributed by atoms with Gasteiger partial charge in [0, 0.05) is 17.6 Å². The van der Waals surface area contributed by atoms with Crippen LogP contribution in [0, 0.1) is 5.92 Å². The summed E-state index contributed by atoms with van der Waals surface area (Å²) in [6, 6.07) is 16.0. The summed E-state index contributed by atoms with van der Waals surface area (Å²) in [7, 11) is -3.62. The lowest BCUT2D eigenvalue weighted by Gasteiger charge is -2.31. The number of benzene rings is 2. The Balaban J connectivity index is 1.58. The van der Waals surface area contributed by atoms with E-state index in [4.69, 9.17) is 4.84 Å². The van der Waals surface area contributed by atoms with Crippen LogP contribution in [0.3, 0.4) is 0 Å². The fourth-order valence-corrected chi connectivity index (χ4v) is 4.77. The molecule has 1 aliphatic rings. The van der Waals surface area contributed by atoms with Gasteiger partial charge in [-0.2, -0.15) is 4.31 Å². The zero-order valence-corrected chi connectivity index (χ0v) is 17.1. The van der Waals surface area contributed by atoms with Gasteiger partial charge in [-0.1, -0.05) is 46.3 Å². The normalized spacial score (nSPS) is 18.2. The van der Waals surface area contributed by atoms with E-state index in [0.717, 1.165) is 10.0 Å². The molecule has 1 aliphatic heterocycles. The van der Waals surface area contributed by atoms with Crippen LogP contribution < -0.4 is 5.48 Å². The molecular formula is C19H21BrN2O4S. The SMILES string of the molecule is O=C(NOCc1ccccc1)[C@@H]1CCCN(S(=O)(=O)c2ccc(Br)cc2)C1. The number of rotatable bonds is 6. The molecule has 0 bridgehead atoms. The Morgan fingerprint density at radius 2 is 1.85 bits per heavy atom. The third kappa shape index (κ3) is 5.16. The van der Waals surface area contributed by atoms with Gasteiger partial charge in [-0.3, -0.25) is 9.63 Å². The third-order valence-electron chi connectivity index (χ3n) is 4.46. The Morgan fingerprint density at radius 3 is 2.56 bits per heavy atom. The number of hydrogen-bond acceptors (Lipinski definition) is 4. The van der Waals surface area contributed by atoms with Crippen molar-refractivity contribution < 1.29 is 18.0 Å². The van der Waals surface area contributed by atoms with Crippen molar-refractivity contribution >= 4 is 31.9 Å². The second-order valence-corrected chi connectivity index (χ2v) is 9.25. The first-order valence-corrected chi connectivity index (χ1v) is 10.9. The number of hydroxylamine groups is 1. The van der Waals surface area contributed by atoms with Gasteiger partial charge in [-0.15, -0.1) is 0 Å². The minimum atomic E-state index is -3.62. The van der Waals surface area contributed by atoms with Crippen LogP contribution in [0.1, 0.15) is 18.4 Å². The molecule has 144 valence electrons. The van der Waals surface area contributed by atoms with Crippen molar-refractivity contribution in [3.63, 3.8) is 0 Å². The van der Waals surface area contributed by atoms with Gasteiger partial charge in [0.05, 0.1) is 17.4 Å². The molecule has 1 fully saturated rings. The van der Waals surface area contributed by atoms with E-state index in [9.17, 15) is 13.2 Å². The van der Waals surface area contributed by atoms with Crippen LogP contribution in [-0.4, -0.2) is 31.7 Å². The number of halogens is 1. The van der Waals surface area contributed by atoms with Gasteiger partial charge in [0.15, 0.2) is 0 Å².